The Kier molecular flexibility index (Phi) is 5.30. The highest BCUT2D eigenvalue weighted by Crippen LogP contribution is 2.20. The van der Waals surface area contributed by atoms with Crippen LogP contribution in [0.15, 0.2) is 18.2 Å². The van der Waals surface area contributed by atoms with E-state index in [0.29, 0.717) is 24.2 Å². The fourth-order valence-corrected chi connectivity index (χ4v) is 2.97. The monoisotopic (exact) mass is 355 g/mol. The van der Waals surface area contributed by atoms with Gasteiger partial charge < -0.3 is 4.90 Å². The molecule has 1 amide bonds. The van der Waals surface area contributed by atoms with Gasteiger partial charge in [0.1, 0.15) is 0 Å². The Labute approximate surface area is 132 Å². The van der Waals surface area contributed by atoms with E-state index < -0.39 is 4.92 Å². The summed E-state index contributed by atoms with van der Waals surface area (Å²) in [6.07, 6.45) is 0. The van der Waals surface area contributed by atoms with E-state index in [9.17, 15) is 14.9 Å². The van der Waals surface area contributed by atoms with E-state index in [1.165, 1.54) is 6.07 Å². The van der Waals surface area contributed by atoms with Crippen LogP contribution < -0.4 is 0 Å². The summed E-state index contributed by atoms with van der Waals surface area (Å²) in [7, 11) is 0. The zero-order valence-corrected chi connectivity index (χ0v) is 13.5. The van der Waals surface area contributed by atoms with Crippen LogP contribution in [0.5, 0.6) is 0 Å². The lowest BCUT2D eigenvalue weighted by molar-refractivity contribution is -0.385. The molecule has 0 N–H and O–H groups in total. The number of benzene rings is 1. The van der Waals surface area contributed by atoms with Gasteiger partial charge in [-0.1, -0.05) is 15.9 Å². The van der Waals surface area contributed by atoms with Gasteiger partial charge in [-0.3, -0.25) is 19.8 Å². The van der Waals surface area contributed by atoms with E-state index in [2.05, 4.69) is 20.8 Å². The van der Waals surface area contributed by atoms with Gasteiger partial charge in [0, 0.05) is 55.2 Å². The molecule has 1 saturated heterocycles. The van der Waals surface area contributed by atoms with Crippen LogP contribution in [-0.2, 0) is 0 Å². The zero-order chi connectivity index (χ0) is 15.4. The molecule has 0 aliphatic carbocycles. The summed E-state index contributed by atoms with van der Waals surface area (Å²) in [5.41, 5.74) is 1.09. The molecule has 1 aliphatic heterocycles. The summed E-state index contributed by atoms with van der Waals surface area (Å²) in [6.45, 7) is 5.76. The highest BCUT2D eigenvalue weighted by atomic mass is 79.9. The van der Waals surface area contributed by atoms with Crippen molar-refractivity contribution in [1.82, 2.24) is 9.80 Å². The topological polar surface area (TPSA) is 66.7 Å². The first-order chi connectivity index (χ1) is 10.0. The number of hydrogen-bond donors (Lipinski definition) is 0. The lowest BCUT2D eigenvalue weighted by Crippen LogP contribution is -2.49. The average molecular weight is 356 g/mol. The Hall–Kier alpha value is -1.47. The number of hydrogen-bond acceptors (Lipinski definition) is 4. The Bertz CT molecular complexity index is 542. The maximum atomic E-state index is 12.4. The molecule has 0 aromatic heterocycles. The number of nitrogens with zero attached hydrogens (tertiary/aromatic N) is 3. The maximum Gasteiger partial charge on any atom is 0.272 e. The Morgan fingerprint density at radius 2 is 2.00 bits per heavy atom. The van der Waals surface area contributed by atoms with Crippen molar-refractivity contribution in [2.24, 2.45) is 0 Å². The minimum atomic E-state index is -0.428. The van der Waals surface area contributed by atoms with Crippen LogP contribution in [0.1, 0.15) is 15.9 Å². The molecule has 0 unspecified atom stereocenters. The molecule has 0 spiro atoms. The molecule has 7 heteroatoms. The number of amides is 1. The number of rotatable bonds is 4. The van der Waals surface area contributed by atoms with E-state index >= 15 is 0 Å². The van der Waals surface area contributed by atoms with Gasteiger partial charge >= 0.3 is 0 Å². The molecule has 21 heavy (non-hydrogen) atoms. The molecule has 2 rings (SSSR count). The second kappa shape index (κ2) is 7.00. The third kappa shape index (κ3) is 3.79. The van der Waals surface area contributed by atoms with Gasteiger partial charge in [-0.05, 0) is 19.1 Å². The molecule has 1 heterocycles. The van der Waals surface area contributed by atoms with E-state index in [-0.39, 0.29) is 11.6 Å². The van der Waals surface area contributed by atoms with E-state index in [4.69, 9.17) is 0 Å². The van der Waals surface area contributed by atoms with Gasteiger partial charge in [0.2, 0.25) is 0 Å². The van der Waals surface area contributed by atoms with E-state index in [1.54, 1.807) is 19.1 Å². The van der Waals surface area contributed by atoms with Crippen LogP contribution in [-0.4, -0.2) is 58.7 Å². The predicted molar refractivity (Wildman–Crippen MR) is 84.0 cm³/mol. The highest BCUT2D eigenvalue weighted by Gasteiger charge is 2.23. The van der Waals surface area contributed by atoms with Crippen molar-refractivity contribution in [2.45, 2.75) is 6.92 Å². The molecule has 1 fully saturated rings. The molecule has 1 aromatic rings. The number of carbonyl (C=O) groups is 1. The van der Waals surface area contributed by atoms with Gasteiger partial charge in [0.05, 0.1) is 4.92 Å². The lowest BCUT2D eigenvalue weighted by atomic mass is 10.1. The van der Waals surface area contributed by atoms with Crippen molar-refractivity contribution in [3.05, 3.63) is 39.4 Å². The van der Waals surface area contributed by atoms with Crippen LogP contribution in [0.25, 0.3) is 0 Å². The fraction of sp³-hybridized carbons (Fsp3) is 0.500. The summed E-state index contributed by atoms with van der Waals surface area (Å²) in [4.78, 5) is 26.9. The first-order valence-corrected chi connectivity index (χ1v) is 7.97. The molecule has 1 aliphatic rings. The number of nitro groups is 1. The zero-order valence-electron chi connectivity index (χ0n) is 11.9. The molecular formula is C14H18BrN3O3. The Morgan fingerprint density at radius 3 is 2.52 bits per heavy atom. The van der Waals surface area contributed by atoms with Gasteiger partial charge in [-0.15, -0.1) is 0 Å². The molecule has 0 atom stereocenters. The molecule has 114 valence electrons. The quantitative estimate of drug-likeness (QED) is 0.471. The van der Waals surface area contributed by atoms with Crippen LogP contribution in [0.2, 0.25) is 0 Å². The van der Waals surface area contributed by atoms with Crippen molar-refractivity contribution >= 4 is 27.5 Å². The number of alkyl halides is 1. The molecule has 0 radical (unpaired) electrons. The number of aryl methyl sites for hydroxylation is 1. The lowest BCUT2D eigenvalue weighted by Gasteiger charge is -2.34. The average Bonchev–Trinajstić information content (AvgIpc) is 2.47. The first kappa shape index (κ1) is 15.9. The molecular weight excluding hydrogens is 338 g/mol. The second-order valence-electron chi connectivity index (χ2n) is 5.08. The first-order valence-electron chi connectivity index (χ1n) is 6.85. The van der Waals surface area contributed by atoms with Gasteiger partial charge in [-0.25, -0.2) is 0 Å². The summed E-state index contributed by atoms with van der Waals surface area (Å²) < 4.78 is 0. The third-order valence-corrected chi connectivity index (χ3v) is 4.06. The summed E-state index contributed by atoms with van der Waals surface area (Å²) in [5, 5.41) is 11.7. The minimum Gasteiger partial charge on any atom is -0.336 e. The summed E-state index contributed by atoms with van der Waals surface area (Å²) >= 11 is 3.41. The van der Waals surface area contributed by atoms with Gasteiger partial charge in [0.15, 0.2) is 0 Å². The van der Waals surface area contributed by atoms with E-state index in [0.717, 1.165) is 25.0 Å². The van der Waals surface area contributed by atoms with Crippen molar-refractivity contribution in [2.75, 3.05) is 38.1 Å². The smallest absolute Gasteiger partial charge is 0.272 e. The van der Waals surface area contributed by atoms with E-state index in [1.807, 2.05) is 4.90 Å². The maximum absolute atomic E-state index is 12.4. The van der Waals surface area contributed by atoms with Crippen molar-refractivity contribution in [3.8, 4) is 0 Å². The fourth-order valence-electron chi connectivity index (χ4n) is 2.47. The third-order valence-electron chi connectivity index (χ3n) is 3.70. The Balaban J connectivity index is 2.04. The summed E-state index contributed by atoms with van der Waals surface area (Å²) in [6, 6.07) is 4.55. The largest absolute Gasteiger partial charge is 0.336 e. The number of carbonyl (C=O) groups excluding carboxylic acids is 1. The van der Waals surface area contributed by atoms with Crippen molar-refractivity contribution in [3.63, 3.8) is 0 Å². The predicted octanol–water partition coefficient (Wildman–Crippen LogP) is 2.06. The highest BCUT2D eigenvalue weighted by molar-refractivity contribution is 9.09. The Morgan fingerprint density at radius 1 is 1.33 bits per heavy atom. The molecule has 0 bridgehead atoms. The van der Waals surface area contributed by atoms with Crippen molar-refractivity contribution in [1.29, 1.82) is 0 Å². The molecule has 6 nitrogen and oxygen atoms in total. The second-order valence-corrected chi connectivity index (χ2v) is 5.87. The number of nitro benzene ring substituents is 1. The molecule has 1 aromatic carbocycles. The van der Waals surface area contributed by atoms with Crippen LogP contribution in [0.4, 0.5) is 5.69 Å². The van der Waals surface area contributed by atoms with Crippen LogP contribution in [0.3, 0.4) is 0 Å². The minimum absolute atomic E-state index is 0.0495. The number of halogens is 1. The standard InChI is InChI=1S/C14H18BrN3O3/c1-11-10-12(2-3-13(11)18(20)21)14(19)17-8-6-16(5-4-15)7-9-17/h2-3,10H,4-9H2,1H3. The van der Waals surface area contributed by atoms with Crippen LogP contribution >= 0.6 is 15.9 Å². The van der Waals surface area contributed by atoms with Gasteiger partial charge in [0.25, 0.3) is 11.6 Å². The SMILES string of the molecule is Cc1cc(C(=O)N2CCN(CCBr)CC2)ccc1[N+](=O)[O-]. The normalized spacial score (nSPS) is 16.0. The molecule has 0 saturated carbocycles. The van der Waals surface area contributed by atoms with Crippen molar-refractivity contribution < 1.29 is 9.72 Å². The van der Waals surface area contributed by atoms with Crippen LogP contribution in [0, 0.1) is 17.0 Å². The summed E-state index contributed by atoms with van der Waals surface area (Å²) in [5.74, 6) is -0.0495. The number of piperazine rings is 1. The van der Waals surface area contributed by atoms with Gasteiger partial charge in [-0.2, -0.15) is 0 Å².